The number of benzene rings is 2. The van der Waals surface area contributed by atoms with Gasteiger partial charge in [0.1, 0.15) is 5.75 Å². The number of rotatable bonds is 8. The van der Waals surface area contributed by atoms with Crippen LogP contribution in [-0.2, 0) is 14.8 Å². The number of carbonyl (C=O) groups excluding carboxylic acids is 1. The Morgan fingerprint density at radius 1 is 1.12 bits per heavy atom. The number of hydrogen-bond acceptors (Lipinski definition) is 4. The van der Waals surface area contributed by atoms with Crippen molar-refractivity contribution in [3.05, 3.63) is 53.6 Å². The van der Waals surface area contributed by atoms with Crippen LogP contribution in [0.2, 0.25) is 0 Å². The second-order valence-corrected chi connectivity index (χ2v) is 7.86. The van der Waals surface area contributed by atoms with E-state index in [1.165, 1.54) is 13.1 Å². The molecule has 26 heavy (non-hydrogen) atoms. The van der Waals surface area contributed by atoms with Gasteiger partial charge in [0, 0.05) is 12.1 Å². The highest BCUT2D eigenvalue weighted by Gasteiger charge is 2.15. The fourth-order valence-corrected chi connectivity index (χ4v) is 3.42. The highest BCUT2D eigenvalue weighted by molar-refractivity contribution is 7.89. The van der Waals surface area contributed by atoms with Crippen molar-refractivity contribution >= 4 is 21.6 Å². The maximum absolute atomic E-state index is 12.1. The molecule has 6 nitrogen and oxygen atoms in total. The standard InChI is InChI=1S/C19H24N2O4S/c1-14-6-4-7-17(12-14)25-11-5-8-19(22)21-16-10-9-15(2)18(13-16)26(23,24)20-3/h4,6-7,9-10,12-13,20H,5,8,11H2,1-3H3,(H,21,22). The number of hydrogen-bond donors (Lipinski definition) is 2. The van der Waals surface area contributed by atoms with Gasteiger partial charge in [-0.25, -0.2) is 13.1 Å². The predicted octanol–water partition coefficient (Wildman–Crippen LogP) is 3.01. The van der Waals surface area contributed by atoms with Crippen molar-refractivity contribution in [1.82, 2.24) is 4.72 Å². The highest BCUT2D eigenvalue weighted by atomic mass is 32.2. The summed E-state index contributed by atoms with van der Waals surface area (Å²) in [6.07, 6.45) is 0.848. The van der Waals surface area contributed by atoms with Crippen molar-refractivity contribution in [2.75, 3.05) is 19.0 Å². The average Bonchev–Trinajstić information content (AvgIpc) is 2.60. The molecular weight excluding hydrogens is 352 g/mol. The van der Waals surface area contributed by atoms with Gasteiger partial charge in [0.15, 0.2) is 0 Å². The minimum Gasteiger partial charge on any atom is -0.494 e. The lowest BCUT2D eigenvalue weighted by Crippen LogP contribution is -2.20. The van der Waals surface area contributed by atoms with Gasteiger partial charge in [0.05, 0.1) is 11.5 Å². The lowest BCUT2D eigenvalue weighted by Gasteiger charge is -2.11. The number of amides is 1. The fourth-order valence-electron chi connectivity index (χ4n) is 2.43. The van der Waals surface area contributed by atoms with Crippen LogP contribution in [0.4, 0.5) is 5.69 Å². The number of nitrogens with one attached hydrogen (secondary N) is 2. The van der Waals surface area contributed by atoms with Crippen molar-refractivity contribution in [2.24, 2.45) is 0 Å². The molecule has 0 heterocycles. The van der Waals surface area contributed by atoms with E-state index in [0.717, 1.165) is 11.3 Å². The van der Waals surface area contributed by atoms with E-state index in [0.29, 0.717) is 24.3 Å². The van der Waals surface area contributed by atoms with E-state index in [2.05, 4.69) is 10.0 Å². The molecule has 2 aromatic carbocycles. The normalized spacial score (nSPS) is 11.2. The molecule has 0 radical (unpaired) electrons. The minimum atomic E-state index is -3.56. The van der Waals surface area contributed by atoms with Gasteiger partial charge in [-0.2, -0.15) is 0 Å². The molecule has 0 aliphatic carbocycles. The number of anilines is 1. The molecule has 140 valence electrons. The number of sulfonamides is 1. The van der Waals surface area contributed by atoms with Crippen LogP contribution in [0, 0.1) is 13.8 Å². The third-order valence-corrected chi connectivity index (χ3v) is 5.39. The molecule has 0 atom stereocenters. The topological polar surface area (TPSA) is 84.5 Å². The van der Waals surface area contributed by atoms with Crippen LogP contribution < -0.4 is 14.8 Å². The largest absolute Gasteiger partial charge is 0.494 e. The fraction of sp³-hybridized carbons (Fsp3) is 0.316. The summed E-state index contributed by atoms with van der Waals surface area (Å²) in [5.74, 6) is 0.598. The Labute approximate surface area is 154 Å². The second-order valence-electron chi connectivity index (χ2n) is 6.00. The molecule has 0 saturated carbocycles. The molecule has 1 amide bonds. The lowest BCUT2D eigenvalue weighted by molar-refractivity contribution is -0.116. The molecule has 2 N–H and O–H groups in total. The zero-order chi connectivity index (χ0) is 19.2. The predicted molar refractivity (Wildman–Crippen MR) is 102 cm³/mol. The number of ether oxygens (including phenoxy) is 1. The van der Waals surface area contributed by atoms with E-state index in [-0.39, 0.29) is 17.2 Å². The van der Waals surface area contributed by atoms with E-state index in [1.54, 1.807) is 19.1 Å². The van der Waals surface area contributed by atoms with Gasteiger partial charge in [0.25, 0.3) is 0 Å². The Bertz CT molecular complexity index is 879. The molecule has 2 rings (SSSR count). The van der Waals surface area contributed by atoms with Gasteiger partial charge in [-0.15, -0.1) is 0 Å². The first-order valence-electron chi connectivity index (χ1n) is 8.35. The molecule has 0 saturated heterocycles. The molecule has 0 aliphatic heterocycles. The van der Waals surface area contributed by atoms with E-state index >= 15 is 0 Å². The summed E-state index contributed by atoms with van der Waals surface area (Å²) in [5, 5.41) is 2.73. The zero-order valence-electron chi connectivity index (χ0n) is 15.2. The Hall–Kier alpha value is -2.38. The lowest BCUT2D eigenvalue weighted by atomic mass is 10.2. The van der Waals surface area contributed by atoms with Gasteiger partial charge in [-0.1, -0.05) is 18.2 Å². The first kappa shape index (κ1) is 19.9. The third kappa shape index (κ3) is 5.57. The quantitative estimate of drug-likeness (QED) is 0.694. The first-order chi connectivity index (χ1) is 12.3. The minimum absolute atomic E-state index is 0.153. The highest BCUT2D eigenvalue weighted by Crippen LogP contribution is 2.20. The van der Waals surface area contributed by atoms with Gasteiger partial charge in [0.2, 0.25) is 15.9 Å². The Morgan fingerprint density at radius 2 is 1.88 bits per heavy atom. The van der Waals surface area contributed by atoms with E-state index in [4.69, 9.17) is 4.74 Å². The first-order valence-corrected chi connectivity index (χ1v) is 9.83. The van der Waals surface area contributed by atoms with Crippen molar-refractivity contribution < 1.29 is 17.9 Å². The number of carbonyl (C=O) groups is 1. The summed E-state index contributed by atoms with van der Waals surface area (Å²) in [6, 6.07) is 12.5. The maximum atomic E-state index is 12.1. The van der Waals surface area contributed by atoms with Crippen LogP contribution >= 0.6 is 0 Å². The van der Waals surface area contributed by atoms with Crippen LogP contribution in [0.1, 0.15) is 24.0 Å². The molecule has 2 aromatic rings. The van der Waals surface area contributed by atoms with Crippen LogP contribution in [-0.4, -0.2) is 28.0 Å². The molecule has 0 unspecified atom stereocenters. The van der Waals surface area contributed by atoms with E-state index in [1.807, 2.05) is 31.2 Å². The van der Waals surface area contributed by atoms with Crippen molar-refractivity contribution in [3.63, 3.8) is 0 Å². The van der Waals surface area contributed by atoms with Gasteiger partial charge in [-0.3, -0.25) is 4.79 Å². The Balaban J connectivity index is 1.87. The van der Waals surface area contributed by atoms with Gasteiger partial charge >= 0.3 is 0 Å². The Morgan fingerprint density at radius 3 is 2.58 bits per heavy atom. The third-order valence-electron chi connectivity index (χ3n) is 3.84. The van der Waals surface area contributed by atoms with Crippen LogP contribution in [0.25, 0.3) is 0 Å². The van der Waals surface area contributed by atoms with Crippen molar-refractivity contribution in [2.45, 2.75) is 31.6 Å². The maximum Gasteiger partial charge on any atom is 0.240 e. The van der Waals surface area contributed by atoms with Crippen molar-refractivity contribution in [1.29, 1.82) is 0 Å². The summed E-state index contributed by atoms with van der Waals surface area (Å²) in [6.45, 7) is 4.13. The Kier molecular flexibility index (Phi) is 6.76. The average molecular weight is 376 g/mol. The molecule has 0 fully saturated rings. The summed E-state index contributed by atoms with van der Waals surface area (Å²) in [4.78, 5) is 12.2. The molecule has 0 spiro atoms. The summed E-state index contributed by atoms with van der Waals surface area (Å²) in [7, 11) is -2.21. The number of aryl methyl sites for hydroxylation is 2. The molecular formula is C19H24N2O4S. The van der Waals surface area contributed by atoms with Crippen LogP contribution in [0.5, 0.6) is 5.75 Å². The molecule has 0 aromatic heterocycles. The molecule has 7 heteroatoms. The zero-order valence-corrected chi connectivity index (χ0v) is 16.0. The molecule has 0 bridgehead atoms. The molecule has 0 aliphatic rings. The van der Waals surface area contributed by atoms with E-state index < -0.39 is 10.0 Å². The van der Waals surface area contributed by atoms with Gasteiger partial charge < -0.3 is 10.1 Å². The van der Waals surface area contributed by atoms with Gasteiger partial charge in [-0.05, 0) is 62.7 Å². The summed E-state index contributed by atoms with van der Waals surface area (Å²) >= 11 is 0. The smallest absolute Gasteiger partial charge is 0.240 e. The summed E-state index contributed by atoms with van der Waals surface area (Å²) in [5.41, 5.74) is 2.19. The summed E-state index contributed by atoms with van der Waals surface area (Å²) < 4.78 is 31.9. The van der Waals surface area contributed by atoms with E-state index in [9.17, 15) is 13.2 Å². The van der Waals surface area contributed by atoms with Crippen LogP contribution in [0.15, 0.2) is 47.4 Å². The van der Waals surface area contributed by atoms with Crippen LogP contribution in [0.3, 0.4) is 0 Å². The SMILES string of the molecule is CNS(=O)(=O)c1cc(NC(=O)CCCOc2cccc(C)c2)ccc1C. The van der Waals surface area contributed by atoms with Crippen molar-refractivity contribution in [3.8, 4) is 5.75 Å². The second kappa shape index (κ2) is 8.82. The monoisotopic (exact) mass is 376 g/mol.